The second-order valence-corrected chi connectivity index (χ2v) is 4.25. The third kappa shape index (κ3) is 2.44. The summed E-state index contributed by atoms with van der Waals surface area (Å²) in [6.07, 6.45) is 4.94. The van der Waals surface area contributed by atoms with Crippen LogP contribution in [0, 0.1) is 0 Å². The molecular formula is C14H14N6. The summed E-state index contributed by atoms with van der Waals surface area (Å²) in [5.41, 5.74) is 7.73. The zero-order valence-corrected chi connectivity index (χ0v) is 10.8. The summed E-state index contributed by atoms with van der Waals surface area (Å²) in [5.74, 6) is 1.18. The lowest BCUT2D eigenvalue weighted by molar-refractivity contribution is 0.842. The molecule has 20 heavy (non-hydrogen) atoms. The monoisotopic (exact) mass is 266 g/mol. The third-order valence-corrected chi connectivity index (χ3v) is 2.89. The number of anilines is 2. The van der Waals surface area contributed by atoms with E-state index in [1.54, 1.807) is 17.1 Å². The van der Waals surface area contributed by atoms with Crippen molar-refractivity contribution in [1.82, 2.24) is 19.7 Å². The minimum atomic E-state index is 0.479. The van der Waals surface area contributed by atoms with Gasteiger partial charge >= 0.3 is 0 Å². The normalized spacial score (nSPS) is 10.4. The van der Waals surface area contributed by atoms with Gasteiger partial charge in [0.25, 0.3) is 0 Å². The largest absolute Gasteiger partial charge is 0.393 e. The molecule has 0 aliphatic carbocycles. The van der Waals surface area contributed by atoms with Crippen molar-refractivity contribution in [3.05, 3.63) is 60.7 Å². The quantitative estimate of drug-likeness (QED) is 0.753. The number of nitrogens with zero attached hydrogens (tertiary/aromatic N) is 4. The molecule has 0 unspecified atom stereocenters. The van der Waals surface area contributed by atoms with Crippen LogP contribution < -0.4 is 11.1 Å². The second kappa shape index (κ2) is 5.40. The Labute approximate surface area is 116 Å². The first kappa shape index (κ1) is 12.2. The maximum absolute atomic E-state index is 6.09. The predicted octanol–water partition coefficient (Wildman–Crippen LogP) is 1.86. The Morgan fingerprint density at radius 2 is 1.95 bits per heavy atom. The molecule has 0 radical (unpaired) electrons. The van der Waals surface area contributed by atoms with Crippen molar-refractivity contribution >= 4 is 11.5 Å². The van der Waals surface area contributed by atoms with Crippen LogP contribution in [0.1, 0.15) is 5.56 Å². The van der Waals surface area contributed by atoms with Crippen LogP contribution in [-0.2, 0) is 6.54 Å². The number of aromatic nitrogens is 4. The zero-order valence-electron chi connectivity index (χ0n) is 10.8. The van der Waals surface area contributed by atoms with E-state index in [9.17, 15) is 0 Å². The maximum atomic E-state index is 6.09. The lowest BCUT2D eigenvalue weighted by Crippen LogP contribution is -2.10. The van der Waals surface area contributed by atoms with E-state index in [4.69, 9.17) is 5.73 Å². The van der Waals surface area contributed by atoms with Gasteiger partial charge in [-0.05, 0) is 11.6 Å². The van der Waals surface area contributed by atoms with Crippen LogP contribution in [0.4, 0.5) is 11.5 Å². The summed E-state index contributed by atoms with van der Waals surface area (Å²) in [6, 6.07) is 11.9. The zero-order chi connectivity index (χ0) is 13.8. The average molecular weight is 266 g/mol. The van der Waals surface area contributed by atoms with Crippen molar-refractivity contribution < 1.29 is 0 Å². The van der Waals surface area contributed by atoms with Gasteiger partial charge < -0.3 is 11.1 Å². The van der Waals surface area contributed by atoms with Gasteiger partial charge in [-0.15, -0.1) is 0 Å². The van der Waals surface area contributed by atoms with E-state index in [-0.39, 0.29) is 0 Å². The van der Waals surface area contributed by atoms with Crippen molar-refractivity contribution in [2.24, 2.45) is 0 Å². The van der Waals surface area contributed by atoms with Gasteiger partial charge in [-0.2, -0.15) is 5.10 Å². The molecule has 0 fully saturated rings. The fourth-order valence-electron chi connectivity index (χ4n) is 1.89. The third-order valence-electron chi connectivity index (χ3n) is 2.89. The summed E-state index contributed by atoms with van der Waals surface area (Å²) < 4.78 is 1.62. The average Bonchev–Trinajstić information content (AvgIpc) is 3.01. The topological polar surface area (TPSA) is 81.6 Å². The molecule has 0 amide bonds. The summed E-state index contributed by atoms with van der Waals surface area (Å²) in [5, 5.41) is 7.34. The Balaban J connectivity index is 1.82. The van der Waals surface area contributed by atoms with Crippen LogP contribution in [0.15, 0.2) is 55.1 Å². The van der Waals surface area contributed by atoms with Crippen LogP contribution in [0.5, 0.6) is 0 Å². The van der Waals surface area contributed by atoms with E-state index in [2.05, 4.69) is 20.4 Å². The number of nitrogens with one attached hydrogen (secondary N) is 1. The van der Waals surface area contributed by atoms with Crippen molar-refractivity contribution in [2.45, 2.75) is 6.54 Å². The van der Waals surface area contributed by atoms with E-state index >= 15 is 0 Å². The SMILES string of the molecule is Nc1c(NCc2ccccc2)ncnc1-n1cccn1. The van der Waals surface area contributed by atoms with Gasteiger partial charge in [0.05, 0.1) is 0 Å². The van der Waals surface area contributed by atoms with Crippen LogP contribution in [0.3, 0.4) is 0 Å². The highest BCUT2D eigenvalue weighted by molar-refractivity contribution is 5.68. The molecule has 3 aromatic rings. The number of hydrogen-bond acceptors (Lipinski definition) is 5. The highest BCUT2D eigenvalue weighted by Crippen LogP contribution is 2.21. The summed E-state index contributed by atoms with van der Waals surface area (Å²) in [6.45, 7) is 0.653. The van der Waals surface area contributed by atoms with Crippen LogP contribution in [0.2, 0.25) is 0 Å². The predicted molar refractivity (Wildman–Crippen MR) is 77.3 cm³/mol. The second-order valence-electron chi connectivity index (χ2n) is 4.25. The minimum absolute atomic E-state index is 0.479. The molecule has 2 aromatic heterocycles. The van der Waals surface area contributed by atoms with Gasteiger partial charge in [0.1, 0.15) is 12.0 Å². The minimum Gasteiger partial charge on any atom is -0.393 e. The maximum Gasteiger partial charge on any atom is 0.181 e. The lowest BCUT2D eigenvalue weighted by atomic mass is 10.2. The molecule has 0 spiro atoms. The number of nitrogen functional groups attached to an aromatic ring is 1. The van der Waals surface area contributed by atoms with Gasteiger partial charge in [0.2, 0.25) is 0 Å². The first-order valence-corrected chi connectivity index (χ1v) is 6.23. The molecule has 3 N–H and O–H groups in total. The first-order chi connectivity index (χ1) is 9.84. The van der Waals surface area contributed by atoms with E-state index in [0.717, 1.165) is 5.56 Å². The molecule has 1 aromatic carbocycles. The smallest absolute Gasteiger partial charge is 0.181 e. The summed E-state index contributed by atoms with van der Waals surface area (Å²) in [7, 11) is 0. The fourth-order valence-corrected chi connectivity index (χ4v) is 1.89. The number of hydrogen-bond donors (Lipinski definition) is 2. The van der Waals surface area contributed by atoms with Crippen LogP contribution in [0.25, 0.3) is 5.82 Å². The molecule has 2 heterocycles. The lowest BCUT2D eigenvalue weighted by Gasteiger charge is -2.11. The molecule has 100 valence electrons. The summed E-state index contributed by atoms with van der Waals surface area (Å²) >= 11 is 0. The van der Waals surface area contributed by atoms with Crippen molar-refractivity contribution in [3.8, 4) is 5.82 Å². The van der Waals surface area contributed by atoms with Gasteiger partial charge in [-0.1, -0.05) is 30.3 Å². The van der Waals surface area contributed by atoms with E-state index < -0.39 is 0 Å². The van der Waals surface area contributed by atoms with E-state index in [1.165, 1.54) is 6.33 Å². The molecule has 0 bridgehead atoms. The number of rotatable bonds is 4. The van der Waals surface area contributed by atoms with Gasteiger partial charge in [0.15, 0.2) is 11.6 Å². The molecule has 3 rings (SSSR count). The summed E-state index contributed by atoms with van der Waals surface area (Å²) in [4.78, 5) is 8.34. The Bertz CT molecular complexity index is 678. The van der Waals surface area contributed by atoms with Gasteiger partial charge in [-0.3, -0.25) is 0 Å². The highest BCUT2D eigenvalue weighted by Gasteiger charge is 2.09. The Kier molecular flexibility index (Phi) is 3.28. The Hall–Kier alpha value is -2.89. The van der Waals surface area contributed by atoms with Gasteiger partial charge in [0, 0.05) is 18.9 Å². The standard InChI is InChI=1S/C14H14N6/c15-12-13(16-9-11-5-2-1-3-6-11)17-10-18-14(12)20-8-4-7-19-20/h1-8,10H,9,15H2,(H,16,17,18). The molecule has 0 aliphatic rings. The van der Waals surface area contributed by atoms with E-state index in [1.807, 2.05) is 36.4 Å². The van der Waals surface area contributed by atoms with Gasteiger partial charge in [-0.25, -0.2) is 14.6 Å². The Morgan fingerprint density at radius 3 is 2.70 bits per heavy atom. The van der Waals surface area contributed by atoms with Crippen molar-refractivity contribution in [2.75, 3.05) is 11.1 Å². The molecular weight excluding hydrogens is 252 g/mol. The van der Waals surface area contributed by atoms with E-state index in [0.29, 0.717) is 23.9 Å². The number of benzene rings is 1. The highest BCUT2D eigenvalue weighted by atomic mass is 15.3. The molecule has 0 atom stereocenters. The molecule has 0 saturated heterocycles. The fraction of sp³-hybridized carbons (Fsp3) is 0.0714. The molecule has 6 nitrogen and oxygen atoms in total. The van der Waals surface area contributed by atoms with Crippen molar-refractivity contribution in [3.63, 3.8) is 0 Å². The molecule has 0 aliphatic heterocycles. The first-order valence-electron chi connectivity index (χ1n) is 6.23. The molecule has 0 saturated carbocycles. The van der Waals surface area contributed by atoms with Crippen LogP contribution >= 0.6 is 0 Å². The van der Waals surface area contributed by atoms with Crippen LogP contribution in [-0.4, -0.2) is 19.7 Å². The molecule has 6 heteroatoms. The Morgan fingerprint density at radius 1 is 1.10 bits per heavy atom. The number of nitrogens with two attached hydrogens (primary N) is 1. The van der Waals surface area contributed by atoms with Crippen molar-refractivity contribution in [1.29, 1.82) is 0 Å².